The number of allylic oxidation sites excluding steroid dienone is 2. The summed E-state index contributed by atoms with van der Waals surface area (Å²) in [6.07, 6.45) is -7.60. The first-order chi connectivity index (χ1) is 9.84. The lowest BCUT2D eigenvalue weighted by Gasteiger charge is -2.39. The lowest BCUT2D eigenvalue weighted by atomic mass is 9.77. The average Bonchev–Trinajstić information content (AvgIpc) is 2.97. The van der Waals surface area contributed by atoms with Gasteiger partial charge in [-0.25, -0.2) is 4.79 Å². The Hall–Kier alpha value is -1.51. The number of hydrogen-bond donors (Lipinski definition) is 2. The van der Waals surface area contributed by atoms with E-state index in [9.17, 15) is 36.2 Å². The molecule has 0 aromatic heterocycles. The van der Waals surface area contributed by atoms with E-state index >= 15 is 0 Å². The van der Waals surface area contributed by atoms with Crippen LogP contribution in [0.15, 0.2) is 24.8 Å². The number of rotatable bonds is 2. The lowest BCUT2D eigenvalue weighted by Crippen LogP contribution is -2.62. The fourth-order valence-corrected chi connectivity index (χ4v) is 2.84. The topological polar surface area (TPSA) is 57.5 Å². The highest BCUT2D eigenvalue weighted by atomic mass is 19.4. The molecule has 3 atom stereocenters. The van der Waals surface area contributed by atoms with Crippen LogP contribution in [0.2, 0.25) is 0 Å². The summed E-state index contributed by atoms with van der Waals surface area (Å²) in [5.74, 6) is -3.92. The highest BCUT2D eigenvalue weighted by Crippen LogP contribution is 2.57. The van der Waals surface area contributed by atoms with Crippen LogP contribution in [-0.2, 0) is 4.79 Å². The molecule has 0 heterocycles. The Kier molecular flexibility index (Phi) is 5.01. The van der Waals surface area contributed by atoms with Crippen molar-refractivity contribution in [3.05, 3.63) is 24.8 Å². The smallest absolute Gasteiger partial charge is 0.426 e. The molecule has 2 bridgehead atoms. The van der Waals surface area contributed by atoms with E-state index in [-0.39, 0.29) is 18.8 Å². The van der Waals surface area contributed by atoms with Gasteiger partial charge in [-0.2, -0.15) is 26.3 Å². The van der Waals surface area contributed by atoms with Gasteiger partial charge in [0.15, 0.2) is 0 Å². The Morgan fingerprint density at radius 2 is 1.55 bits per heavy atom. The molecule has 2 rings (SSSR count). The van der Waals surface area contributed by atoms with Crippen LogP contribution < -0.4 is 0 Å². The fraction of sp³-hybridized carbons (Fsp3) is 0.615. The largest absolute Gasteiger partial charge is 0.478 e. The first-order valence-electron chi connectivity index (χ1n) is 6.24. The minimum absolute atomic E-state index is 0.263. The third kappa shape index (κ3) is 3.29. The second-order valence-corrected chi connectivity index (χ2v) is 5.19. The van der Waals surface area contributed by atoms with Crippen LogP contribution in [0.4, 0.5) is 26.3 Å². The monoisotopic (exact) mass is 332 g/mol. The van der Waals surface area contributed by atoms with Gasteiger partial charge in [-0.1, -0.05) is 18.7 Å². The molecule has 0 amide bonds. The zero-order chi connectivity index (χ0) is 17.3. The van der Waals surface area contributed by atoms with E-state index in [0.29, 0.717) is 0 Å². The van der Waals surface area contributed by atoms with Crippen molar-refractivity contribution in [2.24, 2.45) is 17.8 Å². The van der Waals surface area contributed by atoms with E-state index in [4.69, 9.17) is 5.11 Å². The minimum atomic E-state index is -5.70. The van der Waals surface area contributed by atoms with E-state index in [0.717, 1.165) is 6.08 Å². The molecule has 0 aromatic carbocycles. The number of carboxylic acid groups (broad SMARTS) is 1. The third-order valence-electron chi connectivity index (χ3n) is 3.85. The maximum atomic E-state index is 12.6. The van der Waals surface area contributed by atoms with Crippen LogP contribution in [0, 0.1) is 17.8 Å². The van der Waals surface area contributed by atoms with Crippen LogP contribution in [-0.4, -0.2) is 34.1 Å². The van der Waals surface area contributed by atoms with Gasteiger partial charge in [-0.05, 0) is 24.7 Å². The maximum Gasteiger partial charge on any atom is 0.426 e. The molecule has 0 saturated heterocycles. The molecule has 9 heteroatoms. The summed E-state index contributed by atoms with van der Waals surface area (Å²) in [6, 6.07) is 0. The highest BCUT2D eigenvalue weighted by molar-refractivity contribution is 5.78. The summed E-state index contributed by atoms with van der Waals surface area (Å²) in [5.41, 5.74) is -4.59. The van der Waals surface area contributed by atoms with Gasteiger partial charge in [0.05, 0.1) is 0 Å². The maximum absolute atomic E-state index is 12.6. The van der Waals surface area contributed by atoms with E-state index in [1.807, 2.05) is 0 Å². The molecule has 2 N–H and O–H groups in total. The quantitative estimate of drug-likeness (QED) is 0.463. The molecule has 3 nitrogen and oxygen atoms in total. The SMILES string of the molecule is C=CC(=O)O.OC(C1CC2C=CC1C2)(C(F)(F)F)C(F)(F)F. The molecule has 0 spiro atoms. The van der Waals surface area contributed by atoms with Crippen molar-refractivity contribution in [1.29, 1.82) is 0 Å². The zero-order valence-electron chi connectivity index (χ0n) is 11.2. The van der Waals surface area contributed by atoms with Crippen molar-refractivity contribution in [2.75, 3.05) is 0 Å². The summed E-state index contributed by atoms with van der Waals surface area (Å²) in [5, 5.41) is 16.8. The molecule has 1 fully saturated rings. The van der Waals surface area contributed by atoms with Gasteiger partial charge < -0.3 is 10.2 Å². The van der Waals surface area contributed by atoms with Crippen LogP contribution in [0.25, 0.3) is 0 Å². The molecule has 2 aliphatic rings. The molecular formula is C13H14F6O3. The van der Waals surface area contributed by atoms with Gasteiger partial charge >= 0.3 is 18.3 Å². The van der Waals surface area contributed by atoms with E-state index in [1.54, 1.807) is 6.08 Å². The summed E-state index contributed by atoms with van der Waals surface area (Å²) in [4.78, 5) is 9.25. The van der Waals surface area contributed by atoms with Gasteiger partial charge in [0.1, 0.15) is 0 Å². The van der Waals surface area contributed by atoms with Crippen LogP contribution in [0.5, 0.6) is 0 Å². The van der Waals surface area contributed by atoms with E-state index in [2.05, 4.69) is 6.58 Å². The van der Waals surface area contributed by atoms with Crippen molar-refractivity contribution >= 4 is 5.97 Å². The molecule has 126 valence electrons. The molecule has 1 saturated carbocycles. The number of fused-ring (bicyclic) bond motifs is 2. The van der Waals surface area contributed by atoms with Gasteiger partial charge in [-0.3, -0.25) is 0 Å². The number of alkyl halides is 6. The summed E-state index contributed by atoms with van der Waals surface area (Å²) in [7, 11) is 0. The lowest BCUT2D eigenvalue weighted by molar-refractivity contribution is -0.387. The number of aliphatic hydroxyl groups is 1. The predicted molar refractivity (Wildman–Crippen MR) is 63.7 cm³/mol. The molecule has 2 aliphatic carbocycles. The van der Waals surface area contributed by atoms with Gasteiger partial charge in [-0.15, -0.1) is 0 Å². The number of halogens is 6. The molecule has 0 aliphatic heterocycles. The Labute approximate surface area is 121 Å². The summed E-state index contributed by atoms with van der Waals surface area (Å²) >= 11 is 0. The second kappa shape index (κ2) is 5.94. The van der Waals surface area contributed by atoms with Crippen molar-refractivity contribution in [2.45, 2.75) is 30.8 Å². The summed E-state index contributed by atoms with van der Waals surface area (Å²) in [6.45, 7) is 2.96. The Morgan fingerprint density at radius 1 is 1.09 bits per heavy atom. The molecule has 3 unspecified atom stereocenters. The minimum Gasteiger partial charge on any atom is -0.478 e. The Morgan fingerprint density at radius 3 is 1.77 bits per heavy atom. The third-order valence-corrected chi connectivity index (χ3v) is 3.85. The van der Waals surface area contributed by atoms with Gasteiger partial charge in [0.25, 0.3) is 5.60 Å². The van der Waals surface area contributed by atoms with E-state index < -0.39 is 35.8 Å². The molecule has 0 aromatic rings. The number of aliphatic carboxylic acids is 1. The van der Waals surface area contributed by atoms with Gasteiger partial charge in [0.2, 0.25) is 0 Å². The molecular weight excluding hydrogens is 318 g/mol. The fourth-order valence-electron chi connectivity index (χ4n) is 2.84. The van der Waals surface area contributed by atoms with Crippen molar-refractivity contribution < 1.29 is 41.4 Å². The molecule has 0 radical (unpaired) electrons. The van der Waals surface area contributed by atoms with Gasteiger partial charge in [0, 0.05) is 12.0 Å². The average molecular weight is 332 g/mol. The predicted octanol–water partition coefficient (Wildman–Crippen LogP) is 3.31. The number of carboxylic acids is 1. The summed E-state index contributed by atoms with van der Waals surface area (Å²) < 4.78 is 75.5. The normalized spacial score (nSPS) is 27.3. The number of hydrogen-bond acceptors (Lipinski definition) is 2. The van der Waals surface area contributed by atoms with Crippen molar-refractivity contribution in [3.63, 3.8) is 0 Å². The first-order valence-corrected chi connectivity index (χ1v) is 6.24. The Bertz CT molecular complexity index is 451. The first kappa shape index (κ1) is 18.5. The van der Waals surface area contributed by atoms with Crippen LogP contribution in [0.3, 0.4) is 0 Å². The van der Waals surface area contributed by atoms with Crippen molar-refractivity contribution in [1.82, 2.24) is 0 Å². The Balaban J connectivity index is 0.000000422. The second-order valence-electron chi connectivity index (χ2n) is 5.19. The highest BCUT2D eigenvalue weighted by Gasteiger charge is 2.75. The zero-order valence-corrected chi connectivity index (χ0v) is 11.2. The molecule has 22 heavy (non-hydrogen) atoms. The van der Waals surface area contributed by atoms with Crippen molar-refractivity contribution in [3.8, 4) is 0 Å². The number of carbonyl (C=O) groups is 1. The van der Waals surface area contributed by atoms with Crippen LogP contribution >= 0.6 is 0 Å². The van der Waals surface area contributed by atoms with Crippen LogP contribution in [0.1, 0.15) is 12.8 Å². The standard InChI is InChI=1S/C10H10F6O.C3H4O2/c11-9(12,13)8(17,10(14,15)16)7-4-5-1-2-6(7)3-5;1-2-3(4)5/h1-2,5-7,17H,3-4H2;2H,1H2,(H,4,5). The van der Waals surface area contributed by atoms with E-state index in [1.165, 1.54) is 6.08 Å².